The lowest BCUT2D eigenvalue weighted by Crippen LogP contribution is -2.31. The van der Waals surface area contributed by atoms with Crippen LogP contribution in [0.15, 0.2) is 30.7 Å². The molecule has 0 N–H and O–H groups in total. The monoisotopic (exact) mass is 471 g/mol. The highest BCUT2D eigenvalue weighted by Gasteiger charge is 2.45. The van der Waals surface area contributed by atoms with Crippen LogP contribution in [0.5, 0.6) is 0 Å². The highest BCUT2D eigenvalue weighted by atomic mass is 19.4. The molecule has 0 aliphatic carbocycles. The molecule has 0 saturated carbocycles. The van der Waals surface area contributed by atoms with Crippen molar-refractivity contribution in [2.45, 2.75) is 31.7 Å². The van der Waals surface area contributed by atoms with Crippen LogP contribution >= 0.6 is 0 Å². The number of alkyl halides is 6. The summed E-state index contributed by atoms with van der Waals surface area (Å²) in [6.45, 7) is 1.11. The minimum atomic E-state index is -4.51. The Morgan fingerprint density at radius 3 is 2.39 bits per heavy atom. The van der Waals surface area contributed by atoms with Gasteiger partial charge < -0.3 is 9.80 Å². The van der Waals surface area contributed by atoms with Crippen LogP contribution in [0.4, 0.5) is 38.0 Å². The summed E-state index contributed by atoms with van der Waals surface area (Å²) in [6.07, 6.45) is -3.45. The van der Waals surface area contributed by atoms with Crippen LogP contribution in [-0.2, 0) is 12.7 Å². The van der Waals surface area contributed by atoms with E-state index in [1.807, 2.05) is 9.80 Å². The van der Waals surface area contributed by atoms with Gasteiger partial charge in [-0.05, 0) is 25.0 Å². The summed E-state index contributed by atoms with van der Waals surface area (Å²) in [7, 11) is 0. The van der Waals surface area contributed by atoms with E-state index in [2.05, 4.69) is 20.1 Å². The second-order valence-corrected chi connectivity index (χ2v) is 8.61. The third kappa shape index (κ3) is 4.27. The molecule has 13 heteroatoms. The number of fused-ring (bicyclic) bond motifs is 1. The topological polar surface area (TPSA) is 63.0 Å². The van der Waals surface area contributed by atoms with E-state index in [0.717, 1.165) is 29.8 Å². The Morgan fingerprint density at radius 2 is 1.67 bits per heavy atom. The number of pyridine rings is 1. The maximum absolute atomic E-state index is 13.0. The Labute approximate surface area is 184 Å². The molecule has 2 aliphatic heterocycles. The van der Waals surface area contributed by atoms with Gasteiger partial charge in [-0.3, -0.25) is 4.98 Å². The first-order valence-corrected chi connectivity index (χ1v) is 10.3. The maximum Gasteiger partial charge on any atom is 0.433 e. The Morgan fingerprint density at radius 1 is 0.939 bits per heavy atom. The molecule has 5 rings (SSSR count). The van der Waals surface area contributed by atoms with Crippen LogP contribution in [0.3, 0.4) is 0 Å². The molecule has 2 fully saturated rings. The molecule has 3 aromatic heterocycles. The Bertz CT molecular complexity index is 1170. The molecule has 2 saturated heterocycles. The normalized spacial score (nSPS) is 21.6. The van der Waals surface area contributed by atoms with Crippen LogP contribution in [0.2, 0.25) is 0 Å². The van der Waals surface area contributed by atoms with Gasteiger partial charge in [0.05, 0.1) is 11.6 Å². The quantitative estimate of drug-likeness (QED) is 0.540. The number of hydrogen-bond donors (Lipinski definition) is 0. The van der Waals surface area contributed by atoms with Crippen molar-refractivity contribution < 1.29 is 26.3 Å². The predicted octanol–water partition coefficient (Wildman–Crippen LogP) is 3.91. The zero-order valence-corrected chi connectivity index (χ0v) is 17.2. The Balaban J connectivity index is 1.33. The fourth-order valence-electron chi connectivity index (χ4n) is 4.66. The van der Waals surface area contributed by atoms with Gasteiger partial charge in [-0.25, -0.2) is 9.67 Å². The van der Waals surface area contributed by atoms with E-state index < -0.39 is 24.6 Å². The van der Waals surface area contributed by atoms with Crippen LogP contribution in [0, 0.1) is 5.41 Å². The van der Waals surface area contributed by atoms with Crippen LogP contribution in [-0.4, -0.2) is 57.1 Å². The van der Waals surface area contributed by atoms with Gasteiger partial charge in [0.15, 0.2) is 5.65 Å². The molecular weight excluding hydrogens is 452 g/mol. The largest absolute Gasteiger partial charge is 0.433 e. The number of nitrogens with zero attached hydrogens (tertiary/aromatic N) is 7. The summed E-state index contributed by atoms with van der Waals surface area (Å²) in [5, 5.41) is 4.19. The van der Waals surface area contributed by atoms with E-state index in [4.69, 9.17) is 0 Å². The van der Waals surface area contributed by atoms with Crippen molar-refractivity contribution in [2.24, 2.45) is 5.41 Å². The fourth-order valence-corrected chi connectivity index (χ4v) is 4.66. The fraction of sp³-hybridized carbons (Fsp3) is 0.500. The number of halogens is 6. The van der Waals surface area contributed by atoms with Crippen molar-refractivity contribution in [1.82, 2.24) is 24.7 Å². The Kier molecular flexibility index (Phi) is 4.90. The molecule has 176 valence electrons. The second kappa shape index (κ2) is 7.45. The number of anilines is 2. The predicted molar refractivity (Wildman–Crippen MR) is 107 cm³/mol. The van der Waals surface area contributed by atoms with Crippen molar-refractivity contribution in [3.63, 3.8) is 0 Å². The van der Waals surface area contributed by atoms with E-state index in [0.29, 0.717) is 43.2 Å². The SMILES string of the molecule is FC(F)(F)Cn1ncc2cnc(N3CCC4(CCN(c5ccnc(C(F)(F)F)c5)C4)C3)nc21. The summed E-state index contributed by atoms with van der Waals surface area (Å²) in [6, 6.07) is 2.63. The third-order valence-corrected chi connectivity index (χ3v) is 6.25. The summed E-state index contributed by atoms with van der Waals surface area (Å²) in [4.78, 5) is 15.9. The Hall–Kier alpha value is -3.12. The van der Waals surface area contributed by atoms with Gasteiger partial charge >= 0.3 is 12.4 Å². The van der Waals surface area contributed by atoms with E-state index in [9.17, 15) is 26.3 Å². The summed E-state index contributed by atoms with van der Waals surface area (Å²) >= 11 is 0. The van der Waals surface area contributed by atoms with E-state index >= 15 is 0 Å². The van der Waals surface area contributed by atoms with Crippen LogP contribution in [0.25, 0.3) is 11.0 Å². The average Bonchev–Trinajstić information content (AvgIpc) is 3.46. The first kappa shape index (κ1) is 21.7. The van der Waals surface area contributed by atoms with E-state index in [1.54, 1.807) is 6.07 Å². The van der Waals surface area contributed by atoms with E-state index in [1.165, 1.54) is 12.4 Å². The summed E-state index contributed by atoms with van der Waals surface area (Å²) < 4.78 is 78.4. The molecule has 3 aromatic rings. The van der Waals surface area contributed by atoms with Gasteiger partial charge in [-0.1, -0.05) is 0 Å². The van der Waals surface area contributed by atoms with Crippen LogP contribution < -0.4 is 9.80 Å². The van der Waals surface area contributed by atoms with Gasteiger partial charge in [0.1, 0.15) is 12.2 Å². The van der Waals surface area contributed by atoms with Gasteiger partial charge in [0, 0.05) is 49.7 Å². The molecule has 33 heavy (non-hydrogen) atoms. The zero-order chi connectivity index (χ0) is 23.4. The number of rotatable bonds is 3. The second-order valence-electron chi connectivity index (χ2n) is 8.61. The molecule has 7 nitrogen and oxygen atoms in total. The molecular formula is C20H19F6N7. The maximum atomic E-state index is 13.0. The van der Waals surface area contributed by atoms with Gasteiger partial charge in [0.2, 0.25) is 5.95 Å². The van der Waals surface area contributed by atoms with Crippen LogP contribution in [0.1, 0.15) is 18.5 Å². The molecule has 0 radical (unpaired) electrons. The molecule has 5 heterocycles. The molecule has 1 atom stereocenters. The third-order valence-electron chi connectivity index (χ3n) is 6.25. The lowest BCUT2D eigenvalue weighted by molar-refractivity contribution is -0.142. The standard InChI is InChI=1S/C20H19F6N7/c21-19(22,23)12-33-16-13(9-29-33)8-28-17(30-16)32-6-3-18(11-32)2-5-31(10-18)14-1-4-27-15(7-14)20(24,25)26/h1,4,7-9H,2-3,5-6,10-12H2. The summed E-state index contributed by atoms with van der Waals surface area (Å²) in [5.74, 6) is 0.324. The summed E-state index contributed by atoms with van der Waals surface area (Å²) in [5.41, 5.74) is -0.498. The number of hydrogen-bond acceptors (Lipinski definition) is 6. The zero-order valence-electron chi connectivity index (χ0n) is 17.2. The molecule has 0 aromatic carbocycles. The highest BCUT2D eigenvalue weighted by molar-refractivity contribution is 5.74. The van der Waals surface area contributed by atoms with Crippen molar-refractivity contribution in [2.75, 3.05) is 36.0 Å². The molecule has 0 amide bonds. The first-order valence-electron chi connectivity index (χ1n) is 10.3. The average molecular weight is 471 g/mol. The van der Waals surface area contributed by atoms with Crippen molar-refractivity contribution in [1.29, 1.82) is 0 Å². The minimum Gasteiger partial charge on any atom is -0.371 e. The number of aromatic nitrogens is 5. The minimum absolute atomic E-state index is 0.114. The smallest absolute Gasteiger partial charge is 0.371 e. The van der Waals surface area contributed by atoms with Crippen molar-refractivity contribution in [3.8, 4) is 0 Å². The van der Waals surface area contributed by atoms with Gasteiger partial charge in [-0.15, -0.1) is 0 Å². The molecule has 0 bridgehead atoms. The first-order chi connectivity index (χ1) is 15.5. The molecule has 2 aliphatic rings. The van der Waals surface area contributed by atoms with Crippen molar-refractivity contribution >= 4 is 22.7 Å². The molecule has 1 unspecified atom stereocenters. The van der Waals surface area contributed by atoms with E-state index in [-0.39, 0.29) is 11.1 Å². The van der Waals surface area contributed by atoms with Crippen molar-refractivity contribution in [3.05, 3.63) is 36.4 Å². The lowest BCUT2D eigenvalue weighted by atomic mass is 9.86. The van der Waals surface area contributed by atoms with Gasteiger partial charge in [-0.2, -0.15) is 36.4 Å². The molecule has 1 spiro atoms. The highest BCUT2D eigenvalue weighted by Crippen LogP contribution is 2.42. The lowest BCUT2D eigenvalue weighted by Gasteiger charge is -2.26. The van der Waals surface area contributed by atoms with Gasteiger partial charge in [0.25, 0.3) is 0 Å².